The van der Waals surface area contributed by atoms with Gasteiger partial charge in [-0.2, -0.15) is 0 Å². The van der Waals surface area contributed by atoms with Crippen LogP contribution in [-0.2, 0) is 9.84 Å². The second-order valence-electron chi connectivity index (χ2n) is 5.52. The van der Waals surface area contributed by atoms with Crippen molar-refractivity contribution < 1.29 is 8.42 Å². The topological polar surface area (TPSA) is 49.4 Å². The molecule has 21 heavy (non-hydrogen) atoms. The smallest absolute Gasteiger partial charge is 0.173 e. The molecular formula is C15H22N2O2S2. The normalized spacial score (nSPS) is 21.7. The van der Waals surface area contributed by atoms with E-state index in [9.17, 15) is 8.42 Å². The first kappa shape index (κ1) is 16.2. The van der Waals surface area contributed by atoms with Gasteiger partial charge in [-0.05, 0) is 44.1 Å². The Morgan fingerprint density at radius 3 is 2.62 bits per heavy atom. The molecule has 1 fully saturated rings. The molecule has 0 bridgehead atoms. The monoisotopic (exact) mass is 326 g/mol. The van der Waals surface area contributed by atoms with Crippen molar-refractivity contribution in [3.05, 3.63) is 30.3 Å². The lowest BCUT2D eigenvalue weighted by molar-refractivity contribution is 0.264. The zero-order chi connectivity index (χ0) is 15.5. The van der Waals surface area contributed by atoms with Crippen molar-refractivity contribution in [2.45, 2.75) is 38.8 Å². The number of thiocarbonyl (C=S) groups is 1. The minimum atomic E-state index is -2.92. The summed E-state index contributed by atoms with van der Waals surface area (Å²) in [5, 5.41) is 3.83. The van der Waals surface area contributed by atoms with Gasteiger partial charge in [0.25, 0.3) is 0 Å². The van der Waals surface area contributed by atoms with E-state index in [1.54, 1.807) is 0 Å². The van der Waals surface area contributed by atoms with E-state index in [1.807, 2.05) is 30.3 Å². The molecule has 0 aromatic heterocycles. The third-order valence-electron chi connectivity index (χ3n) is 3.93. The molecule has 1 aromatic carbocycles. The van der Waals surface area contributed by atoms with Gasteiger partial charge in [-0.1, -0.05) is 25.1 Å². The van der Waals surface area contributed by atoms with Crippen LogP contribution in [0.5, 0.6) is 0 Å². The summed E-state index contributed by atoms with van der Waals surface area (Å²) in [4.78, 5) is 2.06. The largest absolute Gasteiger partial charge is 0.342 e. The van der Waals surface area contributed by atoms with E-state index in [4.69, 9.17) is 12.2 Å². The Balaban J connectivity index is 2.14. The van der Waals surface area contributed by atoms with Crippen molar-refractivity contribution in [1.82, 2.24) is 4.90 Å². The van der Waals surface area contributed by atoms with Crippen molar-refractivity contribution in [1.29, 1.82) is 0 Å². The summed E-state index contributed by atoms with van der Waals surface area (Å²) in [6.45, 7) is 4.18. The number of rotatable bonds is 4. The summed E-state index contributed by atoms with van der Waals surface area (Å²) in [7, 11) is -2.92. The summed E-state index contributed by atoms with van der Waals surface area (Å²) >= 11 is 5.53. The Labute approximate surface area is 132 Å². The molecule has 0 saturated carbocycles. The molecule has 6 heteroatoms. The van der Waals surface area contributed by atoms with Gasteiger partial charge in [0, 0.05) is 17.8 Å². The van der Waals surface area contributed by atoms with Crippen LogP contribution < -0.4 is 5.32 Å². The molecule has 0 spiro atoms. The molecule has 2 atom stereocenters. The van der Waals surface area contributed by atoms with Crippen molar-refractivity contribution in [2.75, 3.05) is 16.8 Å². The Kier molecular flexibility index (Phi) is 5.22. The van der Waals surface area contributed by atoms with Crippen molar-refractivity contribution >= 4 is 32.9 Å². The third kappa shape index (κ3) is 4.17. The quantitative estimate of drug-likeness (QED) is 0.862. The van der Waals surface area contributed by atoms with Gasteiger partial charge in [0.05, 0.1) is 11.5 Å². The highest BCUT2D eigenvalue weighted by Crippen LogP contribution is 2.22. The molecule has 116 valence electrons. The van der Waals surface area contributed by atoms with Crippen LogP contribution in [0.1, 0.15) is 26.7 Å². The number of anilines is 1. The zero-order valence-electron chi connectivity index (χ0n) is 12.5. The second kappa shape index (κ2) is 6.75. The molecule has 0 unspecified atom stereocenters. The number of hydrogen-bond donors (Lipinski definition) is 1. The van der Waals surface area contributed by atoms with Crippen LogP contribution in [0.3, 0.4) is 0 Å². The first-order valence-corrected chi connectivity index (χ1v) is 9.50. The van der Waals surface area contributed by atoms with Crippen molar-refractivity contribution in [3.63, 3.8) is 0 Å². The molecule has 1 aliphatic rings. The van der Waals surface area contributed by atoms with E-state index in [-0.39, 0.29) is 23.6 Å². The molecule has 2 rings (SSSR count). The molecule has 0 aliphatic carbocycles. The predicted molar refractivity (Wildman–Crippen MR) is 91.3 cm³/mol. The van der Waals surface area contributed by atoms with Crippen LogP contribution in [0.2, 0.25) is 0 Å². The number of nitrogens with zero attached hydrogens (tertiary/aromatic N) is 1. The van der Waals surface area contributed by atoms with E-state index in [0.29, 0.717) is 11.5 Å². The van der Waals surface area contributed by atoms with Crippen LogP contribution in [-0.4, -0.2) is 42.0 Å². The van der Waals surface area contributed by atoms with Gasteiger partial charge in [0.2, 0.25) is 0 Å². The van der Waals surface area contributed by atoms with Crippen LogP contribution in [0, 0.1) is 0 Å². The highest BCUT2D eigenvalue weighted by atomic mass is 32.2. The van der Waals surface area contributed by atoms with E-state index < -0.39 is 9.84 Å². The van der Waals surface area contributed by atoms with E-state index in [2.05, 4.69) is 24.1 Å². The molecule has 1 heterocycles. The van der Waals surface area contributed by atoms with Crippen LogP contribution in [0.15, 0.2) is 30.3 Å². The first-order chi connectivity index (χ1) is 9.93. The number of nitrogens with one attached hydrogen (secondary N) is 1. The summed E-state index contributed by atoms with van der Waals surface area (Å²) < 4.78 is 23.5. The standard InChI is InChI=1S/C15H22N2O2S2/c1-3-12(2)17(14-9-10-21(18,19)11-14)15(20)16-13-7-5-4-6-8-13/h4-8,12,14H,3,9-11H2,1-2H3,(H,16,20)/t12-,14+/m0/s1. The van der Waals surface area contributed by atoms with Gasteiger partial charge < -0.3 is 10.2 Å². The second-order valence-corrected chi connectivity index (χ2v) is 8.13. The molecule has 1 N–H and O–H groups in total. The van der Waals surface area contributed by atoms with Crippen LogP contribution >= 0.6 is 12.2 Å². The summed E-state index contributed by atoms with van der Waals surface area (Å²) in [5.74, 6) is 0.465. The third-order valence-corrected chi connectivity index (χ3v) is 5.99. The van der Waals surface area contributed by atoms with Gasteiger partial charge in [-0.25, -0.2) is 8.42 Å². The van der Waals surface area contributed by atoms with Crippen molar-refractivity contribution in [2.24, 2.45) is 0 Å². The van der Waals surface area contributed by atoms with Gasteiger partial charge in [-0.3, -0.25) is 0 Å². The average Bonchev–Trinajstić information content (AvgIpc) is 2.79. The van der Waals surface area contributed by atoms with E-state index >= 15 is 0 Å². The van der Waals surface area contributed by atoms with Crippen LogP contribution in [0.4, 0.5) is 5.69 Å². The lowest BCUT2D eigenvalue weighted by Gasteiger charge is -2.36. The number of para-hydroxylation sites is 1. The minimum Gasteiger partial charge on any atom is -0.342 e. The molecule has 1 aliphatic heterocycles. The fourth-order valence-electron chi connectivity index (χ4n) is 2.63. The van der Waals surface area contributed by atoms with E-state index in [1.165, 1.54) is 0 Å². The molecule has 0 amide bonds. The Hall–Kier alpha value is -1.14. The van der Waals surface area contributed by atoms with Gasteiger partial charge in [0.1, 0.15) is 0 Å². The lowest BCUT2D eigenvalue weighted by atomic mass is 10.1. The predicted octanol–water partition coefficient (Wildman–Crippen LogP) is 2.67. The molecule has 1 aromatic rings. The fraction of sp³-hybridized carbons (Fsp3) is 0.533. The fourth-order valence-corrected chi connectivity index (χ4v) is 4.79. The number of sulfone groups is 1. The van der Waals surface area contributed by atoms with Gasteiger partial charge >= 0.3 is 0 Å². The maximum atomic E-state index is 11.7. The molecule has 1 saturated heterocycles. The maximum absolute atomic E-state index is 11.7. The maximum Gasteiger partial charge on any atom is 0.173 e. The Bertz CT molecular complexity index is 587. The highest BCUT2D eigenvalue weighted by Gasteiger charge is 2.35. The molecule has 0 radical (unpaired) electrons. The highest BCUT2D eigenvalue weighted by molar-refractivity contribution is 7.91. The average molecular weight is 326 g/mol. The number of hydrogen-bond acceptors (Lipinski definition) is 3. The minimum absolute atomic E-state index is 0.0198. The van der Waals surface area contributed by atoms with Gasteiger partial charge in [0.15, 0.2) is 14.9 Å². The SMILES string of the molecule is CC[C@H](C)N(C(=S)Nc1ccccc1)[C@@H]1CCS(=O)(=O)C1. The molecule has 4 nitrogen and oxygen atoms in total. The van der Waals surface area contributed by atoms with E-state index in [0.717, 1.165) is 12.1 Å². The lowest BCUT2D eigenvalue weighted by Crippen LogP contribution is -2.48. The zero-order valence-corrected chi connectivity index (χ0v) is 14.1. The summed E-state index contributed by atoms with van der Waals surface area (Å²) in [5.41, 5.74) is 0.927. The van der Waals surface area contributed by atoms with Crippen LogP contribution in [0.25, 0.3) is 0 Å². The molecular weight excluding hydrogens is 304 g/mol. The first-order valence-electron chi connectivity index (χ1n) is 7.27. The summed E-state index contributed by atoms with van der Waals surface area (Å²) in [6, 6.07) is 9.93. The van der Waals surface area contributed by atoms with Crippen molar-refractivity contribution in [3.8, 4) is 0 Å². The Morgan fingerprint density at radius 2 is 2.10 bits per heavy atom. The summed E-state index contributed by atoms with van der Waals surface area (Å²) in [6.07, 6.45) is 1.58. The van der Waals surface area contributed by atoms with Gasteiger partial charge in [-0.15, -0.1) is 0 Å². The number of benzene rings is 1. The Morgan fingerprint density at radius 1 is 1.43 bits per heavy atom.